The molecule has 0 saturated carbocycles. The van der Waals surface area contributed by atoms with Crippen molar-refractivity contribution in [1.82, 2.24) is 4.81 Å². The molecule has 0 aromatic carbocycles. The van der Waals surface area contributed by atoms with Crippen LogP contribution in [0.4, 0.5) is 0 Å². The third-order valence-corrected chi connectivity index (χ3v) is 2.21. The Morgan fingerprint density at radius 3 is 1.75 bits per heavy atom. The molecule has 0 fully saturated rings. The summed E-state index contributed by atoms with van der Waals surface area (Å²) in [6.45, 7) is 4.83. The topological polar surface area (TPSA) is 3.24 Å². The van der Waals surface area contributed by atoms with Gasteiger partial charge in [0, 0.05) is 0 Å². The van der Waals surface area contributed by atoms with Gasteiger partial charge >= 0.3 is 0 Å². The van der Waals surface area contributed by atoms with E-state index >= 15 is 0 Å². The van der Waals surface area contributed by atoms with Gasteiger partial charge in [-0.2, -0.15) is 0 Å². The van der Waals surface area contributed by atoms with Crippen molar-refractivity contribution in [2.75, 3.05) is 14.1 Å². The van der Waals surface area contributed by atoms with Crippen LogP contribution in [0.2, 0.25) is 0 Å². The summed E-state index contributed by atoms with van der Waals surface area (Å²) < 4.78 is 0. The van der Waals surface area contributed by atoms with Crippen molar-refractivity contribution in [2.45, 2.75) is 13.8 Å². The minimum absolute atomic E-state index is 0.472. The van der Waals surface area contributed by atoms with Crippen molar-refractivity contribution >= 4 is 6.85 Å². The summed E-state index contributed by atoms with van der Waals surface area (Å²) in [6, 6.07) is 0. The van der Waals surface area contributed by atoms with E-state index in [9.17, 15) is 0 Å². The van der Waals surface area contributed by atoms with Crippen molar-refractivity contribution < 1.29 is 0 Å². The van der Waals surface area contributed by atoms with Gasteiger partial charge in [-0.25, -0.2) is 0 Å². The van der Waals surface area contributed by atoms with Gasteiger partial charge < -0.3 is 4.81 Å². The summed E-state index contributed by atoms with van der Waals surface area (Å²) >= 11 is 0. The van der Waals surface area contributed by atoms with Crippen LogP contribution >= 0.6 is 0 Å². The average molecular weight is 161 g/mol. The highest BCUT2D eigenvalue weighted by Crippen LogP contribution is 2.14. The Kier molecular flexibility index (Phi) is 2.93. The first-order valence-corrected chi connectivity index (χ1v) is 4.31. The monoisotopic (exact) mass is 161 g/mol. The average Bonchev–Trinajstić information content (AvgIpc) is 2.11. The van der Waals surface area contributed by atoms with Crippen molar-refractivity contribution in [3.63, 3.8) is 0 Å². The third-order valence-electron chi connectivity index (χ3n) is 2.21. The van der Waals surface area contributed by atoms with Gasteiger partial charge in [-0.05, 0) is 27.9 Å². The Hall–Kier alpha value is -0.755. The van der Waals surface area contributed by atoms with Crippen LogP contribution in [0, 0.1) is 0 Å². The van der Waals surface area contributed by atoms with Gasteiger partial charge in [0.1, 0.15) is 0 Å². The van der Waals surface area contributed by atoms with Crippen LogP contribution in [0.1, 0.15) is 13.8 Å². The fourth-order valence-corrected chi connectivity index (χ4v) is 1.77. The first kappa shape index (κ1) is 9.33. The second-order valence-electron chi connectivity index (χ2n) is 3.57. The predicted octanol–water partition coefficient (Wildman–Crippen LogP) is 2.08. The highest BCUT2D eigenvalue weighted by atomic mass is 15.0. The van der Waals surface area contributed by atoms with Gasteiger partial charge in [0.25, 0.3) is 6.85 Å². The molecule has 1 nitrogen and oxygen atoms in total. The minimum atomic E-state index is 0.472. The van der Waals surface area contributed by atoms with E-state index in [-0.39, 0.29) is 0 Å². The van der Waals surface area contributed by atoms with E-state index in [1.807, 2.05) is 0 Å². The molecule has 0 atom stereocenters. The van der Waals surface area contributed by atoms with Crippen LogP contribution in [0.5, 0.6) is 0 Å². The largest absolute Gasteiger partial charge is 0.340 e. The second-order valence-corrected chi connectivity index (χ2v) is 3.57. The Balaban J connectivity index is 2.96. The number of nitrogens with zero attached hydrogens (tertiary/aromatic N) is 1. The van der Waals surface area contributed by atoms with E-state index in [1.165, 1.54) is 10.9 Å². The van der Waals surface area contributed by atoms with Crippen molar-refractivity contribution in [1.29, 1.82) is 0 Å². The molecule has 12 heavy (non-hydrogen) atoms. The molecular weight excluding hydrogens is 145 g/mol. The molecule has 1 aliphatic rings. The lowest BCUT2D eigenvalue weighted by Crippen LogP contribution is -2.35. The zero-order valence-corrected chi connectivity index (χ0v) is 8.33. The highest BCUT2D eigenvalue weighted by Gasteiger charge is 2.21. The molecule has 0 unspecified atom stereocenters. The minimum Gasteiger partial charge on any atom is -0.340 e. The summed E-state index contributed by atoms with van der Waals surface area (Å²) in [5.74, 6) is 0. The first-order chi connectivity index (χ1) is 5.63. The lowest BCUT2D eigenvalue weighted by atomic mass is 9.49. The summed E-state index contributed by atoms with van der Waals surface area (Å²) in [5, 5.41) is 0. The Labute approximate surface area is 75.6 Å². The van der Waals surface area contributed by atoms with Crippen molar-refractivity contribution in [3.05, 3.63) is 35.2 Å². The molecule has 0 aliphatic carbocycles. The summed E-state index contributed by atoms with van der Waals surface area (Å²) in [4.78, 5) is 2.24. The summed E-state index contributed by atoms with van der Waals surface area (Å²) in [6.07, 6.45) is 8.56. The molecule has 0 amide bonds. The van der Waals surface area contributed by atoms with E-state index in [4.69, 9.17) is 0 Å². The molecule has 2 heteroatoms. The van der Waals surface area contributed by atoms with Crippen LogP contribution in [0.25, 0.3) is 0 Å². The standard InChI is InChI=1S/C10H16BN/c1-9-7-5-6-8-10(2)11(9)12(3)4/h5-8H,1-4H3. The number of hydrogen-bond donors (Lipinski definition) is 0. The molecule has 1 rings (SSSR count). The molecule has 0 saturated heterocycles. The molecule has 1 heterocycles. The normalized spacial score (nSPS) is 17.6. The van der Waals surface area contributed by atoms with Crippen LogP contribution in [0.3, 0.4) is 0 Å². The van der Waals surface area contributed by atoms with Crippen molar-refractivity contribution in [3.8, 4) is 0 Å². The van der Waals surface area contributed by atoms with Crippen LogP contribution in [0.15, 0.2) is 35.2 Å². The summed E-state index contributed by atoms with van der Waals surface area (Å²) in [5.41, 5.74) is 2.81. The molecular formula is C10H16BN. The lowest BCUT2D eigenvalue weighted by Gasteiger charge is -2.21. The number of allylic oxidation sites excluding steroid dienone is 6. The first-order valence-electron chi connectivity index (χ1n) is 4.31. The van der Waals surface area contributed by atoms with E-state index in [2.05, 4.69) is 57.1 Å². The van der Waals surface area contributed by atoms with E-state index in [0.29, 0.717) is 6.85 Å². The zero-order chi connectivity index (χ0) is 9.14. The van der Waals surface area contributed by atoms with E-state index in [0.717, 1.165) is 0 Å². The lowest BCUT2D eigenvalue weighted by molar-refractivity contribution is 0.649. The smallest absolute Gasteiger partial charge is 0.282 e. The fourth-order valence-electron chi connectivity index (χ4n) is 1.77. The van der Waals surface area contributed by atoms with Gasteiger partial charge in [-0.3, -0.25) is 0 Å². The van der Waals surface area contributed by atoms with E-state index in [1.54, 1.807) is 0 Å². The van der Waals surface area contributed by atoms with Gasteiger partial charge in [-0.1, -0.05) is 35.2 Å². The summed E-state index contributed by atoms with van der Waals surface area (Å²) in [7, 11) is 4.23. The van der Waals surface area contributed by atoms with Gasteiger partial charge in [0.2, 0.25) is 0 Å². The fraction of sp³-hybridized carbons (Fsp3) is 0.400. The highest BCUT2D eigenvalue weighted by molar-refractivity contribution is 6.71. The Bertz CT molecular complexity index is 227. The van der Waals surface area contributed by atoms with Gasteiger partial charge in [-0.15, -0.1) is 0 Å². The molecule has 1 aliphatic heterocycles. The Morgan fingerprint density at radius 2 is 1.42 bits per heavy atom. The molecule has 0 N–H and O–H groups in total. The molecule has 0 bridgehead atoms. The van der Waals surface area contributed by atoms with Crippen molar-refractivity contribution in [2.24, 2.45) is 0 Å². The predicted molar refractivity (Wildman–Crippen MR) is 56.1 cm³/mol. The number of rotatable bonds is 1. The molecule has 0 radical (unpaired) electrons. The second kappa shape index (κ2) is 3.77. The van der Waals surface area contributed by atoms with Gasteiger partial charge in [0.15, 0.2) is 0 Å². The van der Waals surface area contributed by atoms with Crippen LogP contribution < -0.4 is 0 Å². The number of hydrogen-bond acceptors (Lipinski definition) is 1. The SMILES string of the molecule is CC1=CC=CC=C(C)B1N(C)C. The van der Waals surface area contributed by atoms with Crippen LogP contribution in [-0.2, 0) is 0 Å². The van der Waals surface area contributed by atoms with Crippen LogP contribution in [-0.4, -0.2) is 25.8 Å². The Morgan fingerprint density at radius 1 is 1.00 bits per heavy atom. The quantitative estimate of drug-likeness (QED) is 0.532. The molecule has 0 aromatic heterocycles. The zero-order valence-electron chi connectivity index (χ0n) is 8.33. The van der Waals surface area contributed by atoms with Gasteiger partial charge in [0.05, 0.1) is 0 Å². The maximum absolute atomic E-state index is 2.24. The molecule has 0 spiro atoms. The maximum Gasteiger partial charge on any atom is 0.282 e. The van der Waals surface area contributed by atoms with E-state index < -0.39 is 0 Å². The third kappa shape index (κ3) is 1.89. The maximum atomic E-state index is 2.24. The molecule has 64 valence electrons. The molecule has 0 aromatic rings.